The number of hydrogen-bond donors (Lipinski definition) is 0. The minimum Gasteiger partial charge on any atom is -0.377 e. The fourth-order valence-electron chi connectivity index (χ4n) is 3.10. The van der Waals surface area contributed by atoms with Crippen LogP contribution in [-0.4, -0.2) is 64.7 Å². The molecule has 0 spiro atoms. The SMILES string of the molecule is CC1(C)OCC(CN(CCCOCc2ccccc2)S(=O)(=O)CC[Si](C)(C)C)O1. The second-order valence-corrected chi connectivity index (χ2v) is 17.0. The molecule has 6 nitrogen and oxygen atoms in total. The van der Waals surface area contributed by atoms with Gasteiger partial charge >= 0.3 is 0 Å². The second kappa shape index (κ2) is 10.5. The Morgan fingerprint density at radius 1 is 1.21 bits per heavy atom. The van der Waals surface area contributed by atoms with E-state index in [1.807, 2.05) is 44.2 Å². The van der Waals surface area contributed by atoms with Crippen molar-refractivity contribution in [1.82, 2.24) is 4.31 Å². The molecule has 1 saturated heterocycles. The van der Waals surface area contributed by atoms with Crippen LogP contribution in [0.3, 0.4) is 0 Å². The predicted octanol–water partition coefficient (Wildman–Crippen LogP) is 3.71. The molecule has 1 aromatic rings. The molecular formula is C21H37NO5SSi. The van der Waals surface area contributed by atoms with E-state index in [0.717, 1.165) is 11.6 Å². The lowest BCUT2D eigenvalue weighted by molar-refractivity contribution is -0.139. The van der Waals surface area contributed by atoms with E-state index in [-0.39, 0.29) is 11.9 Å². The summed E-state index contributed by atoms with van der Waals surface area (Å²) in [5.74, 6) is -0.457. The van der Waals surface area contributed by atoms with Crippen molar-refractivity contribution in [2.45, 2.75) is 64.5 Å². The number of hydrogen-bond acceptors (Lipinski definition) is 5. The normalized spacial score (nSPS) is 19.7. The topological polar surface area (TPSA) is 65.1 Å². The summed E-state index contributed by atoms with van der Waals surface area (Å²) >= 11 is 0. The Labute approximate surface area is 177 Å². The van der Waals surface area contributed by atoms with Gasteiger partial charge in [-0.3, -0.25) is 0 Å². The van der Waals surface area contributed by atoms with Crippen LogP contribution >= 0.6 is 0 Å². The van der Waals surface area contributed by atoms with Gasteiger partial charge in [-0.05, 0) is 31.9 Å². The molecule has 1 unspecified atom stereocenters. The molecule has 1 aliphatic rings. The van der Waals surface area contributed by atoms with Gasteiger partial charge in [-0.2, -0.15) is 4.31 Å². The van der Waals surface area contributed by atoms with Gasteiger partial charge in [-0.25, -0.2) is 8.42 Å². The van der Waals surface area contributed by atoms with Crippen molar-refractivity contribution in [3.63, 3.8) is 0 Å². The zero-order chi connectivity index (χ0) is 21.5. The van der Waals surface area contributed by atoms with Crippen molar-refractivity contribution in [3.8, 4) is 0 Å². The van der Waals surface area contributed by atoms with Crippen LogP contribution in [-0.2, 0) is 30.8 Å². The Morgan fingerprint density at radius 2 is 1.90 bits per heavy atom. The summed E-state index contributed by atoms with van der Waals surface area (Å²) in [5, 5.41) is 0. The monoisotopic (exact) mass is 443 g/mol. The molecule has 0 bridgehead atoms. The van der Waals surface area contributed by atoms with Gasteiger partial charge in [0.2, 0.25) is 10.0 Å². The van der Waals surface area contributed by atoms with Crippen molar-refractivity contribution >= 4 is 18.1 Å². The van der Waals surface area contributed by atoms with Crippen molar-refractivity contribution in [2.75, 3.05) is 32.1 Å². The maximum absolute atomic E-state index is 13.0. The van der Waals surface area contributed by atoms with Gasteiger partial charge < -0.3 is 14.2 Å². The first-order valence-corrected chi connectivity index (χ1v) is 15.7. The molecule has 0 aromatic heterocycles. The number of benzene rings is 1. The molecule has 1 heterocycles. The third-order valence-electron chi connectivity index (χ3n) is 4.79. The second-order valence-electron chi connectivity index (χ2n) is 9.33. The summed E-state index contributed by atoms with van der Waals surface area (Å²) in [6.07, 6.45) is 0.410. The highest BCUT2D eigenvalue weighted by molar-refractivity contribution is 7.89. The highest BCUT2D eigenvalue weighted by Gasteiger charge is 2.36. The minimum atomic E-state index is -3.34. The van der Waals surface area contributed by atoms with Crippen molar-refractivity contribution in [3.05, 3.63) is 35.9 Å². The maximum Gasteiger partial charge on any atom is 0.213 e. The van der Waals surface area contributed by atoms with Gasteiger partial charge in [0.1, 0.15) is 0 Å². The van der Waals surface area contributed by atoms with Crippen LogP contribution in [0.2, 0.25) is 25.7 Å². The summed E-state index contributed by atoms with van der Waals surface area (Å²) in [7, 11) is -4.79. The molecule has 8 heteroatoms. The summed E-state index contributed by atoms with van der Waals surface area (Å²) in [6.45, 7) is 12.5. The van der Waals surface area contributed by atoms with E-state index < -0.39 is 23.9 Å². The van der Waals surface area contributed by atoms with E-state index in [9.17, 15) is 8.42 Å². The Bertz CT molecular complexity index is 718. The van der Waals surface area contributed by atoms with E-state index in [2.05, 4.69) is 19.6 Å². The molecule has 166 valence electrons. The third-order valence-corrected chi connectivity index (χ3v) is 8.74. The molecule has 0 saturated carbocycles. The zero-order valence-corrected chi connectivity index (χ0v) is 20.3. The fourth-order valence-corrected chi connectivity index (χ4v) is 7.64. The lowest BCUT2D eigenvalue weighted by Gasteiger charge is -2.26. The highest BCUT2D eigenvalue weighted by Crippen LogP contribution is 2.24. The smallest absolute Gasteiger partial charge is 0.213 e. The molecule has 2 rings (SSSR count). The van der Waals surface area contributed by atoms with Crippen LogP contribution in [0.4, 0.5) is 0 Å². The zero-order valence-electron chi connectivity index (χ0n) is 18.5. The van der Waals surface area contributed by atoms with Crippen LogP contribution in [0, 0.1) is 0 Å². The van der Waals surface area contributed by atoms with Gasteiger partial charge in [0.15, 0.2) is 5.79 Å². The van der Waals surface area contributed by atoms with Crippen LogP contribution in [0.25, 0.3) is 0 Å². The molecule has 1 fully saturated rings. The van der Waals surface area contributed by atoms with E-state index in [1.54, 1.807) is 4.31 Å². The fraction of sp³-hybridized carbons (Fsp3) is 0.714. The van der Waals surface area contributed by atoms with E-state index in [4.69, 9.17) is 14.2 Å². The van der Waals surface area contributed by atoms with E-state index in [1.165, 1.54) is 0 Å². The first kappa shape index (κ1) is 24.5. The number of sulfonamides is 1. The van der Waals surface area contributed by atoms with Crippen LogP contribution in [0.15, 0.2) is 30.3 Å². The average Bonchev–Trinajstić information content (AvgIpc) is 2.98. The Morgan fingerprint density at radius 3 is 2.48 bits per heavy atom. The summed E-state index contributed by atoms with van der Waals surface area (Å²) in [4.78, 5) is 0. The van der Waals surface area contributed by atoms with Crippen LogP contribution in [0.5, 0.6) is 0 Å². The summed E-state index contributed by atoms with van der Waals surface area (Å²) in [6, 6.07) is 10.7. The molecular weight excluding hydrogens is 406 g/mol. The molecule has 0 radical (unpaired) electrons. The van der Waals surface area contributed by atoms with Gasteiger partial charge in [-0.1, -0.05) is 50.0 Å². The standard InChI is InChI=1S/C21H37NO5SSi/c1-21(2)26-18-20(27-21)16-22(28(23,24)14-15-29(3,4)5)12-9-13-25-17-19-10-7-6-8-11-19/h6-8,10-11,20H,9,12-18H2,1-5H3. The Hall–Kier alpha value is -0.773. The van der Waals surface area contributed by atoms with Crippen molar-refractivity contribution in [2.24, 2.45) is 0 Å². The summed E-state index contributed by atoms with van der Waals surface area (Å²) in [5.41, 5.74) is 1.12. The lowest BCUT2D eigenvalue weighted by atomic mass is 10.2. The minimum absolute atomic E-state index is 0.199. The Kier molecular flexibility index (Phi) is 8.87. The van der Waals surface area contributed by atoms with E-state index in [0.29, 0.717) is 39.3 Å². The number of nitrogens with zero attached hydrogens (tertiary/aromatic N) is 1. The third kappa shape index (κ3) is 9.27. The van der Waals surface area contributed by atoms with Crippen LogP contribution < -0.4 is 0 Å². The first-order chi connectivity index (χ1) is 13.5. The van der Waals surface area contributed by atoms with Gasteiger partial charge in [0, 0.05) is 27.8 Å². The quantitative estimate of drug-likeness (QED) is 0.364. The van der Waals surface area contributed by atoms with Gasteiger partial charge in [0.25, 0.3) is 0 Å². The van der Waals surface area contributed by atoms with Crippen LogP contribution in [0.1, 0.15) is 25.8 Å². The average molecular weight is 444 g/mol. The molecule has 0 N–H and O–H groups in total. The lowest BCUT2D eigenvalue weighted by Crippen LogP contribution is -2.42. The van der Waals surface area contributed by atoms with Gasteiger partial charge in [0.05, 0.1) is 25.1 Å². The molecule has 0 amide bonds. The summed E-state index contributed by atoms with van der Waals surface area (Å²) < 4.78 is 44.8. The molecule has 29 heavy (non-hydrogen) atoms. The number of ether oxygens (including phenoxy) is 3. The molecule has 1 aromatic carbocycles. The molecule has 0 aliphatic carbocycles. The largest absolute Gasteiger partial charge is 0.377 e. The van der Waals surface area contributed by atoms with E-state index >= 15 is 0 Å². The maximum atomic E-state index is 13.0. The van der Waals surface area contributed by atoms with Crippen molar-refractivity contribution in [1.29, 1.82) is 0 Å². The highest BCUT2D eigenvalue weighted by atomic mass is 32.2. The van der Waals surface area contributed by atoms with Gasteiger partial charge in [-0.15, -0.1) is 0 Å². The molecule has 1 aliphatic heterocycles. The number of rotatable bonds is 12. The Balaban J connectivity index is 1.89. The molecule has 1 atom stereocenters. The van der Waals surface area contributed by atoms with Crippen molar-refractivity contribution < 1.29 is 22.6 Å². The first-order valence-electron chi connectivity index (χ1n) is 10.4. The predicted molar refractivity (Wildman–Crippen MR) is 119 cm³/mol.